The minimum absolute atomic E-state index is 0.192. The van der Waals surface area contributed by atoms with Crippen LogP contribution in [0, 0.1) is 5.82 Å². The number of carbonyl (C=O) groups excluding carboxylic acids is 1. The largest absolute Gasteiger partial charge is 0.492 e. The van der Waals surface area contributed by atoms with Gasteiger partial charge in [-0.1, -0.05) is 6.07 Å². The molecule has 14 heavy (non-hydrogen) atoms. The topological polar surface area (TPSA) is 66.8 Å². The Bertz CT molecular complexity index is 353. The summed E-state index contributed by atoms with van der Waals surface area (Å²) in [6.07, 6.45) is 0. The molecule has 1 rings (SSSR count). The smallest absolute Gasteiger partial charge is 0.465 e. The van der Waals surface area contributed by atoms with Gasteiger partial charge >= 0.3 is 13.1 Å². The summed E-state index contributed by atoms with van der Waals surface area (Å²) in [6, 6.07) is 3.57. The summed E-state index contributed by atoms with van der Waals surface area (Å²) in [5.74, 6) is -1.67. The van der Waals surface area contributed by atoms with E-state index in [0.717, 1.165) is 13.2 Å². The van der Waals surface area contributed by atoms with Crippen molar-refractivity contribution in [2.75, 3.05) is 7.11 Å². The minimum Gasteiger partial charge on any atom is -0.465 e. The number of benzene rings is 1. The fourth-order valence-corrected chi connectivity index (χ4v) is 1.09. The second kappa shape index (κ2) is 4.21. The van der Waals surface area contributed by atoms with Crippen LogP contribution in [0.5, 0.6) is 0 Å². The zero-order valence-electron chi connectivity index (χ0n) is 7.40. The Morgan fingerprint density at radius 1 is 1.50 bits per heavy atom. The molecule has 0 atom stereocenters. The van der Waals surface area contributed by atoms with Crippen LogP contribution in [0.4, 0.5) is 4.39 Å². The molecule has 0 aliphatic rings. The molecule has 2 N–H and O–H groups in total. The normalized spacial score (nSPS) is 9.71. The van der Waals surface area contributed by atoms with E-state index in [1.165, 1.54) is 12.1 Å². The number of hydrogen-bond donors (Lipinski definition) is 2. The molecule has 0 aromatic heterocycles. The molecule has 74 valence electrons. The fraction of sp³-hybridized carbons (Fsp3) is 0.125. The van der Waals surface area contributed by atoms with Crippen molar-refractivity contribution in [2.24, 2.45) is 0 Å². The summed E-state index contributed by atoms with van der Waals surface area (Å²) in [5, 5.41) is 17.7. The molecule has 6 heteroatoms. The molecule has 0 aliphatic heterocycles. The molecule has 0 spiro atoms. The Morgan fingerprint density at radius 3 is 2.64 bits per heavy atom. The van der Waals surface area contributed by atoms with Crippen molar-refractivity contribution in [1.82, 2.24) is 0 Å². The van der Waals surface area contributed by atoms with E-state index in [2.05, 4.69) is 4.74 Å². The quantitative estimate of drug-likeness (QED) is 0.486. The van der Waals surface area contributed by atoms with Crippen molar-refractivity contribution in [2.45, 2.75) is 0 Å². The standard InChI is InChI=1S/C8H8BFO4/c1-14-8(11)5-3-2-4-6(10)7(5)9(12)13/h2-4,12-13H,1H3. The van der Waals surface area contributed by atoms with Gasteiger partial charge < -0.3 is 14.8 Å². The maximum absolute atomic E-state index is 13.1. The molecule has 0 aliphatic carbocycles. The number of esters is 1. The van der Waals surface area contributed by atoms with Crippen molar-refractivity contribution < 1.29 is 24.0 Å². The summed E-state index contributed by atoms with van der Waals surface area (Å²) in [6.45, 7) is 0. The van der Waals surface area contributed by atoms with Crippen LogP contribution in [-0.4, -0.2) is 30.2 Å². The third-order valence-corrected chi connectivity index (χ3v) is 1.72. The monoisotopic (exact) mass is 198 g/mol. The van der Waals surface area contributed by atoms with E-state index >= 15 is 0 Å². The molecule has 0 heterocycles. The SMILES string of the molecule is COC(=O)c1cccc(F)c1B(O)O. The highest BCUT2D eigenvalue weighted by Crippen LogP contribution is 2.03. The fourth-order valence-electron chi connectivity index (χ4n) is 1.09. The van der Waals surface area contributed by atoms with E-state index in [-0.39, 0.29) is 5.56 Å². The number of methoxy groups -OCH3 is 1. The molecule has 0 saturated heterocycles. The Hall–Kier alpha value is -1.40. The van der Waals surface area contributed by atoms with E-state index in [1.54, 1.807) is 0 Å². The molecule has 4 nitrogen and oxygen atoms in total. The lowest BCUT2D eigenvalue weighted by atomic mass is 9.76. The molecule has 1 aromatic rings. The van der Waals surface area contributed by atoms with Gasteiger partial charge in [-0.2, -0.15) is 0 Å². The van der Waals surface area contributed by atoms with Gasteiger partial charge in [0.05, 0.1) is 12.7 Å². The molecule has 0 saturated carbocycles. The Balaban J connectivity index is 3.28. The van der Waals surface area contributed by atoms with Crippen molar-refractivity contribution in [3.63, 3.8) is 0 Å². The van der Waals surface area contributed by atoms with Gasteiger partial charge in [0.2, 0.25) is 0 Å². The number of rotatable bonds is 2. The van der Waals surface area contributed by atoms with Crippen LogP contribution in [0.1, 0.15) is 10.4 Å². The molecule has 1 aromatic carbocycles. The Labute approximate surface area is 80.1 Å². The highest BCUT2D eigenvalue weighted by Gasteiger charge is 2.24. The first kappa shape index (κ1) is 10.7. The lowest BCUT2D eigenvalue weighted by molar-refractivity contribution is 0.0601. The van der Waals surface area contributed by atoms with Crippen molar-refractivity contribution >= 4 is 18.6 Å². The maximum atomic E-state index is 13.1. The van der Waals surface area contributed by atoms with E-state index in [1.807, 2.05) is 0 Å². The highest BCUT2D eigenvalue weighted by atomic mass is 19.1. The van der Waals surface area contributed by atoms with Gasteiger partial charge in [-0.25, -0.2) is 9.18 Å². The predicted octanol–water partition coefficient (Wildman–Crippen LogP) is -0.708. The molecule has 0 fully saturated rings. The van der Waals surface area contributed by atoms with Crippen LogP contribution in [-0.2, 0) is 4.74 Å². The van der Waals surface area contributed by atoms with Gasteiger partial charge in [0.15, 0.2) is 0 Å². The van der Waals surface area contributed by atoms with Crippen LogP contribution in [0.3, 0.4) is 0 Å². The van der Waals surface area contributed by atoms with E-state index in [4.69, 9.17) is 10.0 Å². The lowest BCUT2D eigenvalue weighted by Gasteiger charge is -2.07. The van der Waals surface area contributed by atoms with Gasteiger partial charge in [0, 0.05) is 5.46 Å². The number of halogens is 1. The van der Waals surface area contributed by atoms with Crippen molar-refractivity contribution in [3.05, 3.63) is 29.6 Å². The van der Waals surface area contributed by atoms with Gasteiger partial charge in [-0.3, -0.25) is 0 Å². The van der Waals surface area contributed by atoms with Gasteiger partial charge in [-0.15, -0.1) is 0 Å². The number of carbonyl (C=O) groups is 1. The van der Waals surface area contributed by atoms with Gasteiger partial charge in [-0.05, 0) is 12.1 Å². The highest BCUT2D eigenvalue weighted by molar-refractivity contribution is 6.60. The van der Waals surface area contributed by atoms with Crippen LogP contribution in [0.15, 0.2) is 18.2 Å². The van der Waals surface area contributed by atoms with Crippen LogP contribution < -0.4 is 5.46 Å². The molecule has 0 bridgehead atoms. The van der Waals surface area contributed by atoms with Gasteiger partial charge in [0.1, 0.15) is 5.82 Å². The second-order valence-corrected chi connectivity index (χ2v) is 2.57. The molecule has 0 radical (unpaired) electrons. The Kier molecular flexibility index (Phi) is 3.21. The predicted molar refractivity (Wildman–Crippen MR) is 47.6 cm³/mol. The first-order valence-electron chi connectivity index (χ1n) is 3.80. The summed E-state index contributed by atoms with van der Waals surface area (Å²) in [5.41, 5.74) is -0.665. The van der Waals surface area contributed by atoms with E-state index in [0.29, 0.717) is 0 Å². The third-order valence-electron chi connectivity index (χ3n) is 1.72. The minimum atomic E-state index is -2.04. The average Bonchev–Trinajstić information content (AvgIpc) is 2.15. The summed E-state index contributed by atoms with van der Waals surface area (Å²) in [7, 11) is -0.911. The zero-order valence-corrected chi connectivity index (χ0v) is 7.40. The molecular formula is C8H8BFO4. The van der Waals surface area contributed by atoms with E-state index in [9.17, 15) is 9.18 Å². The Morgan fingerprint density at radius 2 is 2.14 bits per heavy atom. The first-order valence-corrected chi connectivity index (χ1v) is 3.80. The van der Waals surface area contributed by atoms with Gasteiger partial charge in [0.25, 0.3) is 0 Å². The number of hydrogen-bond acceptors (Lipinski definition) is 4. The lowest BCUT2D eigenvalue weighted by Crippen LogP contribution is -2.37. The second-order valence-electron chi connectivity index (χ2n) is 2.57. The van der Waals surface area contributed by atoms with Crippen molar-refractivity contribution in [3.8, 4) is 0 Å². The molecular weight excluding hydrogens is 190 g/mol. The maximum Gasteiger partial charge on any atom is 0.492 e. The number of ether oxygens (including phenoxy) is 1. The van der Waals surface area contributed by atoms with Crippen LogP contribution in [0.25, 0.3) is 0 Å². The van der Waals surface area contributed by atoms with Crippen molar-refractivity contribution in [1.29, 1.82) is 0 Å². The zero-order chi connectivity index (χ0) is 10.7. The first-order chi connectivity index (χ1) is 6.57. The van der Waals surface area contributed by atoms with E-state index < -0.39 is 24.4 Å². The van der Waals surface area contributed by atoms with Crippen LogP contribution >= 0.6 is 0 Å². The summed E-state index contributed by atoms with van der Waals surface area (Å²) >= 11 is 0. The third kappa shape index (κ3) is 1.91. The van der Waals surface area contributed by atoms with Crippen LogP contribution in [0.2, 0.25) is 0 Å². The summed E-state index contributed by atoms with van der Waals surface area (Å²) in [4.78, 5) is 11.1. The molecule has 0 unspecified atom stereocenters. The molecule has 0 amide bonds. The average molecular weight is 198 g/mol. The summed E-state index contributed by atoms with van der Waals surface area (Å²) < 4.78 is 17.4.